The van der Waals surface area contributed by atoms with Gasteiger partial charge in [-0.05, 0) is 29.1 Å². The van der Waals surface area contributed by atoms with E-state index < -0.39 is 11.8 Å². The van der Waals surface area contributed by atoms with E-state index in [0.717, 1.165) is 5.56 Å². The van der Waals surface area contributed by atoms with Gasteiger partial charge in [0, 0.05) is 19.2 Å². The number of nitrogens with zero attached hydrogens (tertiary/aromatic N) is 5. The summed E-state index contributed by atoms with van der Waals surface area (Å²) in [5.41, 5.74) is 5.70. The summed E-state index contributed by atoms with van der Waals surface area (Å²) >= 11 is 4.97. The summed E-state index contributed by atoms with van der Waals surface area (Å²) in [5, 5.41) is 14.3. The van der Waals surface area contributed by atoms with Crippen LogP contribution in [0.2, 0.25) is 0 Å². The first-order valence-corrected chi connectivity index (χ1v) is 9.24. The molecule has 2 aromatic rings. The monoisotopic (exact) mass is 416 g/mol. The first kappa shape index (κ1) is 20.4. The molecule has 1 aliphatic rings. The van der Waals surface area contributed by atoms with E-state index in [4.69, 9.17) is 17.0 Å². The number of ether oxygens (including phenoxy) is 1. The second-order valence-electron chi connectivity index (χ2n) is 5.95. The molecule has 3 rings (SSSR count). The molecule has 11 nitrogen and oxygen atoms in total. The Labute approximate surface area is 172 Å². The molecule has 1 aromatic carbocycles. The molecule has 2 heterocycles. The predicted molar refractivity (Wildman–Crippen MR) is 108 cm³/mol. The minimum Gasteiger partial charge on any atom is -0.378 e. The van der Waals surface area contributed by atoms with Gasteiger partial charge in [0.2, 0.25) is 5.91 Å². The van der Waals surface area contributed by atoms with Gasteiger partial charge < -0.3 is 9.64 Å². The highest BCUT2D eigenvalue weighted by molar-refractivity contribution is 7.80. The number of rotatable bonds is 5. The average Bonchev–Trinajstić information content (AvgIpc) is 3.20. The van der Waals surface area contributed by atoms with Crippen LogP contribution in [0.1, 0.15) is 5.56 Å². The number of benzene rings is 1. The highest BCUT2D eigenvalue weighted by Crippen LogP contribution is 2.06. The molecule has 0 saturated carbocycles. The van der Waals surface area contributed by atoms with Crippen molar-refractivity contribution in [1.82, 2.24) is 36.4 Å². The van der Waals surface area contributed by atoms with Crippen LogP contribution in [0.3, 0.4) is 0 Å². The Morgan fingerprint density at radius 3 is 2.69 bits per heavy atom. The van der Waals surface area contributed by atoms with E-state index >= 15 is 0 Å². The molecule has 0 atom stereocenters. The molecule has 0 aliphatic carbocycles. The molecule has 1 aliphatic heterocycles. The minimum absolute atomic E-state index is 0.0402. The standard InChI is InChI=1S/C17H20N8O3S/c26-14(7-6-13-4-2-1-3-5-13)18-17(29)21-19-15(27)12-25-22-16(20-23-25)24-8-10-28-11-9-24/h1-7H,8-12H2,(H,19,27)(H2,18,21,26,29). The summed E-state index contributed by atoms with van der Waals surface area (Å²) in [4.78, 5) is 26.9. The fourth-order valence-electron chi connectivity index (χ4n) is 2.41. The quantitative estimate of drug-likeness (QED) is 0.328. The van der Waals surface area contributed by atoms with Crippen LogP contribution in [0, 0.1) is 0 Å². The van der Waals surface area contributed by atoms with Gasteiger partial charge in [0.15, 0.2) is 5.11 Å². The maximum absolute atomic E-state index is 12.0. The summed E-state index contributed by atoms with van der Waals surface area (Å²) < 4.78 is 5.27. The molecule has 0 unspecified atom stereocenters. The van der Waals surface area contributed by atoms with Gasteiger partial charge in [-0.2, -0.15) is 4.80 Å². The third kappa shape index (κ3) is 6.62. The van der Waals surface area contributed by atoms with Crippen molar-refractivity contribution >= 4 is 41.2 Å². The number of anilines is 1. The summed E-state index contributed by atoms with van der Waals surface area (Å²) in [6.07, 6.45) is 3.00. The zero-order valence-electron chi connectivity index (χ0n) is 15.4. The fraction of sp³-hybridized carbons (Fsp3) is 0.294. The van der Waals surface area contributed by atoms with Crippen molar-refractivity contribution in [3.8, 4) is 0 Å². The van der Waals surface area contributed by atoms with Crippen LogP contribution in [0.25, 0.3) is 6.08 Å². The number of amides is 2. The van der Waals surface area contributed by atoms with Crippen molar-refractivity contribution in [3.05, 3.63) is 42.0 Å². The van der Waals surface area contributed by atoms with Gasteiger partial charge >= 0.3 is 0 Å². The van der Waals surface area contributed by atoms with E-state index in [2.05, 4.69) is 31.6 Å². The number of tetrazole rings is 1. The van der Waals surface area contributed by atoms with Crippen LogP contribution in [-0.4, -0.2) is 63.4 Å². The Morgan fingerprint density at radius 1 is 1.17 bits per heavy atom. The maximum atomic E-state index is 12.0. The van der Waals surface area contributed by atoms with Gasteiger partial charge in [-0.1, -0.05) is 35.4 Å². The zero-order chi connectivity index (χ0) is 20.5. The molecule has 152 valence electrons. The maximum Gasteiger partial charge on any atom is 0.266 e. The highest BCUT2D eigenvalue weighted by Gasteiger charge is 2.16. The van der Waals surface area contributed by atoms with Crippen LogP contribution in [0.15, 0.2) is 36.4 Å². The normalized spacial score (nSPS) is 13.9. The number of aromatic nitrogens is 4. The number of hydrogen-bond acceptors (Lipinski definition) is 8. The fourth-order valence-corrected chi connectivity index (χ4v) is 2.56. The summed E-state index contributed by atoms with van der Waals surface area (Å²) in [5.74, 6) is -0.428. The largest absolute Gasteiger partial charge is 0.378 e. The average molecular weight is 416 g/mol. The van der Waals surface area contributed by atoms with Gasteiger partial charge in [-0.25, -0.2) is 0 Å². The number of thiocarbonyl (C=S) groups is 1. The first-order valence-electron chi connectivity index (χ1n) is 8.83. The van der Waals surface area contributed by atoms with Gasteiger partial charge in [0.1, 0.15) is 6.54 Å². The van der Waals surface area contributed by atoms with Crippen molar-refractivity contribution in [2.24, 2.45) is 0 Å². The van der Waals surface area contributed by atoms with E-state index in [1.807, 2.05) is 35.2 Å². The third-order valence-corrected chi connectivity index (χ3v) is 4.00. The minimum atomic E-state index is -0.452. The second kappa shape index (κ2) is 10.2. The Hall–Kier alpha value is -3.38. The molecule has 0 spiro atoms. The van der Waals surface area contributed by atoms with Crippen LogP contribution < -0.4 is 21.1 Å². The number of carbonyl (C=O) groups is 2. The zero-order valence-corrected chi connectivity index (χ0v) is 16.3. The van der Waals surface area contributed by atoms with Crippen molar-refractivity contribution in [2.45, 2.75) is 6.54 Å². The van der Waals surface area contributed by atoms with Crippen LogP contribution >= 0.6 is 12.2 Å². The molecular formula is C17H20N8O3S. The lowest BCUT2D eigenvalue weighted by Gasteiger charge is -2.24. The number of carbonyl (C=O) groups excluding carboxylic acids is 2. The highest BCUT2D eigenvalue weighted by atomic mass is 32.1. The van der Waals surface area contributed by atoms with Crippen LogP contribution in [-0.2, 0) is 20.9 Å². The van der Waals surface area contributed by atoms with E-state index in [1.165, 1.54) is 10.9 Å². The second-order valence-corrected chi connectivity index (χ2v) is 6.36. The van der Waals surface area contributed by atoms with Crippen molar-refractivity contribution in [3.63, 3.8) is 0 Å². The Balaban J connectivity index is 1.38. The predicted octanol–water partition coefficient (Wildman–Crippen LogP) is -0.755. The molecule has 12 heteroatoms. The number of hydrazine groups is 1. The third-order valence-electron chi connectivity index (χ3n) is 3.80. The SMILES string of the molecule is O=C(C=Cc1ccccc1)NC(=S)NNC(=O)Cn1nnc(N2CCOCC2)n1. The van der Waals surface area contributed by atoms with E-state index in [0.29, 0.717) is 32.3 Å². The van der Waals surface area contributed by atoms with Gasteiger partial charge in [0.05, 0.1) is 13.2 Å². The lowest BCUT2D eigenvalue weighted by atomic mass is 10.2. The Bertz CT molecular complexity index is 880. The van der Waals surface area contributed by atoms with Gasteiger partial charge in [0.25, 0.3) is 11.9 Å². The molecule has 0 bridgehead atoms. The summed E-state index contributed by atoms with van der Waals surface area (Å²) in [6, 6.07) is 9.35. The van der Waals surface area contributed by atoms with E-state index in [-0.39, 0.29) is 11.7 Å². The number of morpholine rings is 1. The van der Waals surface area contributed by atoms with Crippen LogP contribution in [0.4, 0.5) is 5.95 Å². The topological polar surface area (TPSA) is 126 Å². The molecule has 0 radical (unpaired) electrons. The molecule has 2 amide bonds. The van der Waals surface area contributed by atoms with Gasteiger partial charge in [-0.15, -0.1) is 5.10 Å². The van der Waals surface area contributed by atoms with E-state index in [9.17, 15) is 9.59 Å². The molecule has 1 saturated heterocycles. The van der Waals surface area contributed by atoms with E-state index in [1.54, 1.807) is 6.08 Å². The molecule has 29 heavy (non-hydrogen) atoms. The first-order chi connectivity index (χ1) is 14.1. The summed E-state index contributed by atoms with van der Waals surface area (Å²) in [6.45, 7) is 2.39. The van der Waals surface area contributed by atoms with Crippen LogP contribution in [0.5, 0.6) is 0 Å². The number of hydrogen-bond donors (Lipinski definition) is 3. The molecule has 3 N–H and O–H groups in total. The lowest BCUT2D eigenvalue weighted by Crippen LogP contribution is -2.49. The summed E-state index contributed by atoms with van der Waals surface area (Å²) in [7, 11) is 0. The Morgan fingerprint density at radius 2 is 1.93 bits per heavy atom. The molecule has 1 fully saturated rings. The van der Waals surface area contributed by atoms with Crippen molar-refractivity contribution < 1.29 is 14.3 Å². The molecule has 1 aromatic heterocycles. The number of nitrogens with one attached hydrogen (secondary N) is 3. The molecular weight excluding hydrogens is 396 g/mol. The Kier molecular flexibility index (Phi) is 7.19. The van der Waals surface area contributed by atoms with Gasteiger partial charge in [-0.3, -0.25) is 25.8 Å². The smallest absolute Gasteiger partial charge is 0.266 e. The lowest BCUT2D eigenvalue weighted by molar-refractivity contribution is -0.122. The van der Waals surface area contributed by atoms with Crippen molar-refractivity contribution in [1.29, 1.82) is 0 Å². The van der Waals surface area contributed by atoms with Crippen molar-refractivity contribution in [2.75, 3.05) is 31.2 Å².